The van der Waals surface area contributed by atoms with Gasteiger partial charge in [0.1, 0.15) is 11.5 Å². The molecular weight excluding hydrogens is 352 g/mol. The van der Waals surface area contributed by atoms with Crippen molar-refractivity contribution < 1.29 is 14.3 Å². The standard InChI is InChI=1S/C23H22N2O3/c1-15-5-11-21(16(2)13-15)25-24-19-8-12-22(17(3)14-19)28-23(26)18-6-9-20(27-4)10-7-18/h5-14H,1-4H3. The maximum atomic E-state index is 12.3. The second-order valence-corrected chi connectivity index (χ2v) is 6.56. The van der Waals surface area contributed by atoms with Crippen molar-refractivity contribution in [3.8, 4) is 11.5 Å². The highest BCUT2D eigenvalue weighted by Gasteiger charge is 2.11. The normalized spacial score (nSPS) is 10.9. The minimum Gasteiger partial charge on any atom is -0.497 e. The number of hydrogen-bond acceptors (Lipinski definition) is 5. The van der Waals surface area contributed by atoms with E-state index in [0.717, 1.165) is 16.8 Å². The summed E-state index contributed by atoms with van der Waals surface area (Å²) in [6.45, 7) is 5.92. The molecule has 0 N–H and O–H groups in total. The van der Waals surface area contributed by atoms with Gasteiger partial charge in [-0.3, -0.25) is 0 Å². The monoisotopic (exact) mass is 374 g/mol. The molecule has 28 heavy (non-hydrogen) atoms. The fourth-order valence-corrected chi connectivity index (χ4v) is 2.73. The van der Waals surface area contributed by atoms with Crippen molar-refractivity contribution >= 4 is 17.3 Å². The van der Waals surface area contributed by atoms with E-state index in [-0.39, 0.29) is 0 Å². The number of nitrogens with zero attached hydrogens (tertiary/aromatic N) is 2. The van der Waals surface area contributed by atoms with E-state index >= 15 is 0 Å². The molecule has 3 aromatic rings. The van der Waals surface area contributed by atoms with E-state index in [0.29, 0.717) is 22.7 Å². The molecule has 3 rings (SSSR count). The van der Waals surface area contributed by atoms with Crippen LogP contribution < -0.4 is 9.47 Å². The van der Waals surface area contributed by atoms with Crippen LogP contribution in [-0.4, -0.2) is 13.1 Å². The van der Waals surface area contributed by atoms with E-state index in [1.807, 2.05) is 39.0 Å². The highest BCUT2D eigenvalue weighted by atomic mass is 16.5. The first-order valence-corrected chi connectivity index (χ1v) is 8.92. The van der Waals surface area contributed by atoms with Gasteiger partial charge in [0.2, 0.25) is 0 Å². The number of methoxy groups -OCH3 is 1. The maximum Gasteiger partial charge on any atom is 0.343 e. The lowest BCUT2D eigenvalue weighted by atomic mass is 10.1. The molecule has 0 aliphatic rings. The van der Waals surface area contributed by atoms with Crippen LogP contribution in [-0.2, 0) is 0 Å². The molecule has 0 saturated carbocycles. The second kappa shape index (κ2) is 8.48. The van der Waals surface area contributed by atoms with Gasteiger partial charge in [-0.15, -0.1) is 0 Å². The number of carbonyl (C=O) groups excluding carboxylic acids is 1. The summed E-state index contributed by atoms with van der Waals surface area (Å²) >= 11 is 0. The van der Waals surface area contributed by atoms with Gasteiger partial charge in [0.25, 0.3) is 0 Å². The third-order valence-corrected chi connectivity index (χ3v) is 4.31. The van der Waals surface area contributed by atoms with Crippen LogP contribution in [0.5, 0.6) is 11.5 Å². The lowest BCUT2D eigenvalue weighted by molar-refractivity contribution is 0.0733. The van der Waals surface area contributed by atoms with Crippen molar-refractivity contribution in [2.75, 3.05) is 7.11 Å². The van der Waals surface area contributed by atoms with Crippen LogP contribution in [0.4, 0.5) is 11.4 Å². The summed E-state index contributed by atoms with van der Waals surface area (Å²) < 4.78 is 10.6. The molecular formula is C23H22N2O3. The van der Waals surface area contributed by atoms with Gasteiger partial charge >= 0.3 is 5.97 Å². The van der Waals surface area contributed by atoms with Gasteiger partial charge in [-0.2, -0.15) is 10.2 Å². The molecule has 5 nitrogen and oxygen atoms in total. The molecule has 0 fully saturated rings. The van der Waals surface area contributed by atoms with Crippen molar-refractivity contribution in [1.29, 1.82) is 0 Å². The SMILES string of the molecule is COc1ccc(C(=O)Oc2ccc(N=Nc3ccc(C)cc3C)cc2C)cc1. The number of aryl methyl sites for hydroxylation is 3. The van der Waals surface area contributed by atoms with Gasteiger partial charge in [0.05, 0.1) is 24.0 Å². The fraction of sp³-hybridized carbons (Fsp3) is 0.174. The highest BCUT2D eigenvalue weighted by Crippen LogP contribution is 2.27. The van der Waals surface area contributed by atoms with Crippen LogP contribution >= 0.6 is 0 Å². The minimum atomic E-state index is -0.421. The predicted octanol–water partition coefficient (Wildman–Crippen LogP) is 6.26. The Morgan fingerprint density at radius 3 is 2.21 bits per heavy atom. The van der Waals surface area contributed by atoms with Crippen molar-refractivity contribution in [1.82, 2.24) is 0 Å². The lowest BCUT2D eigenvalue weighted by Gasteiger charge is -2.08. The van der Waals surface area contributed by atoms with Gasteiger partial charge < -0.3 is 9.47 Å². The van der Waals surface area contributed by atoms with Gasteiger partial charge in [-0.1, -0.05) is 17.7 Å². The molecule has 0 saturated heterocycles. The summed E-state index contributed by atoms with van der Waals surface area (Å²) in [6, 6.07) is 18.2. The maximum absolute atomic E-state index is 12.3. The molecule has 0 unspecified atom stereocenters. The largest absolute Gasteiger partial charge is 0.497 e. The molecule has 0 spiro atoms. The van der Waals surface area contributed by atoms with Gasteiger partial charge in [0, 0.05) is 0 Å². The number of hydrogen-bond donors (Lipinski definition) is 0. The topological polar surface area (TPSA) is 60.2 Å². The first-order chi connectivity index (χ1) is 13.5. The number of esters is 1. The van der Waals surface area contributed by atoms with E-state index in [9.17, 15) is 4.79 Å². The van der Waals surface area contributed by atoms with E-state index in [4.69, 9.17) is 9.47 Å². The first-order valence-electron chi connectivity index (χ1n) is 8.92. The number of rotatable bonds is 5. The van der Waals surface area contributed by atoms with Crippen LogP contribution in [0.15, 0.2) is 70.9 Å². The molecule has 0 atom stereocenters. The molecule has 142 valence electrons. The molecule has 0 aliphatic heterocycles. The Balaban J connectivity index is 1.72. The molecule has 5 heteroatoms. The lowest BCUT2D eigenvalue weighted by Crippen LogP contribution is -2.09. The molecule has 0 amide bonds. The summed E-state index contributed by atoms with van der Waals surface area (Å²) in [4.78, 5) is 12.3. The zero-order valence-electron chi connectivity index (χ0n) is 16.4. The van der Waals surface area contributed by atoms with Crippen molar-refractivity contribution in [2.45, 2.75) is 20.8 Å². The highest BCUT2D eigenvalue weighted by molar-refractivity contribution is 5.91. The van der Waals surface area contributed by atoms with Gasteiger partial charge in [0.15, 0.2) is 0 Å². The van der Waals surface area contributed by atoms with E-state index < -0.39 is 5.97 Å². The van der Waals surface area contributed by atoms with Crippen LogP contribution in [0.25, 0.3) is 0 Å². The van der Waals surface area contributed by atoms with Crippen LogP contribution in [0.1, 0.15) is 27.0 Å². The summed E-state index contributed by atoms with van der Waals surface area (Å²) in [5.41, 5.74) is 5.05. The molecule has 0 aromatic heterocycles. The summed E-state index contributed by atoms with van der Waals surface area (Å²) in [7, 11) is 1.58. The summed E-state index contributed by atoms with van der Waals surface area (Å²) in [5.74, 6) is 0.757. The minimum absolute atomic E-state index is 0.421. The smallest absolute Gasteiger partial charge is 0.343 e. The van der Waals surface area contributed by atoms with E-state index in [2.05, 4.69) is 16.3 Å². The number of ether oxygens (including phenoxy) is 2. The van der Waals surface area contributed by atoms with Crippen LogP contribution in [0.2, 0.25) is 0 Å². The van der Waals surface area contributed by atoms with E-state index in [1.54, 1.807) is 43.5 Å². The Bertz CT molecular complexity index is 1020. The zero-order valence-corrected chi connectivity index (χ0v) is 16.4. The van der Waals surface area contributed by atoms with Crippen LogP contribution in [0.3, 0.4) is 0 Å². The Morgan fingerprint density at radius 1 is 0.821 bits per heavy atom. The van der Waals surface area contributed by atoms with Crippen molar-refractivity contribution in [3.05, 3.63) is 82.9 Å². The fourth-order valence-electron chi connectivity index (χ4n) is 2.73. The quantitative estimate of drug-likeness (QED) is 0.301. The van der Waals surface area contributed by atoms with Crippen LogP contribution in [0, 0.1) is 20.8 Å². The third kappa shape index (κ3) is 4.62. The third-order valence-electron chi connectivity index (χ3n) is 4.31. The summed E-state index contributed by atoms with van der Waals surface area (Å²) in [5, 5.41) is 8.61. The van der Waals surface area contributed by atoms with Crippen molar-refractivity contribution in [2.24, 2.45) is 10.2 Å². The number of azo groups is 1. The Kier molecular flexibility index (Phi) is 5.84. The Morgan fingerprint density at radius 2 is 1.57 bits per heavy atom. The average molecular weight is 374 g/mol. The average Bonchev–Trinajstić information content (AvgIpc) is 2.69. The zero-order chi connectivity index (χ0) is 20.1. The number of carbonyl (C=O) groups is 1. The molecule has 0 heterocycles. The summed E-state index contributed by atoms with van der Waals surface area (Å²) in [6.07, 6.45) is 0. The molecule has 0 radical (unpaired) electrons. The number of benzene rings is 3. The molecule has 3 aromatic carbocycles. The molecule has 0 aliphatic carbocycles. The second-order valence-electron chi connectivity index (χ2n) is 6.56. The van der Waals surface area contributed by atoms with Gasteiger partial charge in [-0.05, 0) is 80.4 Å². The Hall–Kier alpha value is -3.47. The van der Waals surface area contributed by atoms with Crippen molar-refractivity contribution in [3.63, 3.8) is 0 Å². The predicted molar refractivity (Wildman–Crippen MR) is 109 cm³/mol. The van der Waals surface area contributed by atoms with Gasteiger partial charge in [-0.25, -0.2) is 4.79 Å². The molecule has 0 bridgehead atoms. The van der Waals surface area contributed by atoms with E-state index in [1.165, 1.54) is 5.56 Å². The first kappa shape index (κ1) is 19.3. The Labute approximate surface area is 164 Å².